The Labute approximate surface area is 138 Å². The van der Waals surface area contributed by atoms with Crippen molar-refractivity contribution in [2.45, 2.75) is 12.7 Å². The van der Waals surface area contributed by atoms with Gasteiger partial charge in [-0.05, 0) is 29.8 Å². The summed E-state index contributed by atoms with van der Waals surface area (Å²) in [7, 11) is 0. The highest BCUT2D eigenvalue weighted by Gasteiger charge is 2.30. The van der Waals surface area contributed by atoms with Gasteiger partial charge in [-0.1, -0.05) is 17.3 Å². The van der Waals surface area contributed by atoms with Crippen LogP contribution in [0.5, 0.6) is 0 Å². The molecule has 0 aliphatic rings. The minimum Gasteiger partial charge on any atom is -0.463 e. The van der Waals surface area contributed by atoms with Gasteiger partial charge in [0.15, 0.2) is 16.9 Å². The Hall–Kier alpha value is -3.23. The fourth-order valence-electron chi connectivity index (χ4n) is 2.51. The van der Waals surface area contributed by atoms with Gasteiger partial charge in [-0.3, -0.25) is 0 Å². The first-order chi connectivity index (χ1) is 12.0. The first-order valence-electron chi connectivity index (χ1n) is 7.26. The highest BCUT2D eigenvalue weighted by atomic mass is 19.4. The molecule has 1 aromatic carbocycles. The number of halogens is 3. The highest BCUT2D eigenvalue weighted by molar-refractivity contribution is 5.84. The second-order valence-corrected chi connectivity index (χ2v) is 5.32. The minimum atomic E-state index is -4.39. The summed E-state index contributed by atoms with van der Waals surface area (Å²) in [5, 5.41) is 8.04. The molecule has 0 fully saturated rings. The second-order valence-electron chi connectivity index (χ2n) is 5.32. The van der Waals surface area contributed by atoms with E-state index < -0.39 is 11.7 Å². The van der Waals surface area contributed by atoms with Crippen molar-refractivity contribution in [2.24, 2.45) is 0 Å². The maximum absolute atomic E-state index is 12.8. The van der Waals surface area contributed by atoms with Crippen molar-refractivity contribution in [3.63, 3.8) is 0 Å². The Morgan fingerprint density at radius 1 is 1.08 bits per heavy atom. The Kier molecular flexibility index (Phi) is 3.48. The van der Waals surface area contributed by atoms with Crippen LogP contribution in [0.15, 0.2) is 53.4 Å². The van der Waals surface area contributed by atoms with Crippen LogP contribution in [0, 0.1) is 0 Å². The zero-order chi connectivity index (χ0) is 17.4. The van der Waals surface area contributed by atoms with Crippen LogP contribution in [0.2, 0.25) is 0 Å². The summed E-state index contributed by atoms with van der Waals surface area (Å²) < 4.78 is 45.3. The summed E-state index contributed by atoms with van der Waals surface area (Å²) in [5.74, 6) is 0.513. The normalized spacial score (nSPS) is 12.0. The number of rotatable bonds is 3. The molecular formula is C16H10F3N5O. The maximum Gasteiger partial charge on any atom is 0.416 e. The number of hydrogen-bond acceptors (Lipinski definition) is 5. The van der Waals surface area contributed by atoms with Crippen molar-refractivity contribution in [1.29, 1.82) is 0 Å². The Bertz CT molecular complexity index is 1020. The molecule has 0 amide bonds. The summed E-state index contributed by atoms with van der Waals surface area (Å²) in [6.07, 6.45) is -1.54. The predicted molar refractivity (Wildman–Crippen MR) is 81.4 cm³/mol. The van der Waals surface area contributed by atoms with Crippen LogP contribution < -0.4 is 0 Å². The van der Waals surface area contributed by atoms with E-state index in [2.05, 4.69) is 20.3 Å². The molecule has 126 valence electrons. The molecule has 0 radical (unpaired) electrons. The number of benzene rings is 1. The number of hydrogen-bond donors (Lipinski definition) is 0. The molecule has 0 N–H and O–H groups in total. The first kappa shape index (κ1) is 15.3. The minimum absolute atomic E-state index is 0.106. The van der Waals surface area contributed by atoms with Crippen LogP contribution in [0.4, 0.5) is 13.2 Å². The van der Waals surface area contributed by atoms with Crippen LogP contribution in [0.3, 0.4) is 0 Å². The van der Waals surface area contributed by atoms with E-state index in [0.29, 0.717) is 28.2 Å². The van der Waals surface area contributed by atoms with E-state index in [4.69, 9.17) is 4.42 Å². The maximum atomic E-state index is 12.8. The summed E-state index contributed by atoms with van der Waals surface area (Å²) >= 11 is 0. The largest absolute Gasteiger partial charge is 0.463 e. The van der Waals surface area contributed by atoms with Gasteiger partial charge in [0.1, 0.15) is 12.0 Å². The topological polar surface area (TPSA) is 69.6 Å². The van der Waals surface area contributed by atoms with Gasteiger partial charge in [0.25, 0.3) is 0 Å². The number of aromatic nitrogens is 5. The summed E-state index contributed by atoms with van der Waals surface area (Å²) in [6.45, 7) is 0.106. The molecule has 0 saturated heterocycles. The van der Waals surface area contributed by atoms with Crippen LogP contribution in [0.1, 0.15) is 11.1 Å². The van der Waals surface area contributed by atoms with Gasteiger partial charge in [-0.2, -0.15) is 13.2 Å². The van der Waals surface area contributed by atoms with E-state index in [9.17, 15) is 13.2 Å². The molecule has 0 saturated carbocycles. The lowest BCUT2D eigenvalue weighted by Gasteiger charge is -2.08. The van der Waals surface area contributed by atoms with E-state index in [0.717, 1.165) is 12.1 Å². The molecule has 3 heterocycles. The van der Waals surface area contributed by atoms with Crippen LogP contribution in [-0.2, 0) is 12.7 Å². The monoisotopic (exact) mass is 345 g/mol. The molecule has 6 nitrogen and oxygen atoms in total. The first-order valence-corrected chi connectivity index (χ1v) is 7.26. The molecule has 0 unspecified atom stereocenters. The highest BCUT2D eigenvalue weighted by Crippen LogP contribution is 2.30. The van der Waals surface area contributed by atoms with Crippen molar-refractivity contribution in [2.75, 3.05) is 0 Å². The Morgan fingerprint density at radius 2 is 1.96 bits per heavy atom. The lowest BCUT2D eigenvalue weighted by atomic mass is 10.1. The molecule has 0 aliphatic heterocycles. The average molecular weight is 345 g/mol. The third-order valence-corrected chi connectivity index (χ3v) is 3.64. The van der Waals surface area contributed by atoms with E-state index >= 15 is 0 Å². The third kappa shape index (κ3) is 2.84. The fraction of sp³-hybridized carbons (Fsp3) is 0.125. The van der Waals surface area contributed by atoms with Crippen LogP contribution in [0.25, 0.3) is 22.6 Å². The molecule has 4 rings (SSSR count). The SMILES string of the molecule is FC(F)(F)c1cccc(Cn2nnc3c(-c4ccco4)ncnc32)c1. The molecule has 0 atom stereocenters. The number of alkyl halides is 3. The standard InChI is InChI=1S/C16H10F3N5O/c17-16(18,19)11-4-1-3-10(7-11)8-24-15-14(22-23-24)13(20-9-21-15)12-5-2-6-25-12/h1-7,9H,8H2. The average Bonchev–Trinajstić information content (AvgIpc) is 3.24. The molecular weight excluding hydrogens is 335 g/mol. The van der Waals surface area contributed by atoms with Crippen LogP contribution in [-0.4, -0.2) is 25.0 Å². The summed E-state index contributed by atoms with van der Waals surface area (Å²) in [6, 6.07) is 8.52. The molecule has 3 aromatic heterocycles. The van der Waals surface area contributed by atoms with E-state index in [1.165, 1.54) is 23.3 Å². The fourth-order valence-corrected chi connectivity index (χ4v) is 2.51. The van der Waals surface area contributed by atoms with E-state index in [1.54, 1.807) is 18.2 Å². The molecule has 0 spiro atoms. The molecule has 0 aliphatic carbocycles. The Morgan fingerprint density at radius 3 is 2.72 bits per heavy atom. The predicted octanol–water partition coefficient (Wildman–Crippen LogP) is 3.55. The van der Waals surface area contributed by atoms with Gasteiger partial charge in [-0.25, -0.2) is 14.6 Å². The lowest BCUT2D eigenvalue weighted by molar-refractivity contribution is -0.137. The summed E-state index contributed by atoms with van der Waals surface area (Å²) in [4.78, 5) is 8.29. The number of nitrogens with zero attached hydrogens (tertiary/aromatic N) is 5. The van der Waals surface area contributed by atoms with E-state index in [1.807, 2.05) is 0 Å². The molecule has 4 aromatic rings. The summed E-state index contributed by atoms with van der Waals surface area (Å²) in [5.41, 5.74) is 1.05. The molecule has 25 heavy (non-hydrogen) atoms. The van der Waals surface area contributed by atoms with Crippen molar-refractivity contribution < 1.29 is 17.6 Å². The van der Waals surface area contributed by atoms with Gasteiger partial charge in [-0.15, -0.1) is 5.10 Å². The molecule has 9 heteroatoms. The number of fused-ring (bicyclic) bond motifs is 1. The van der Waals surface area contributed by atoms with Crippen molar-refractivity contribution >= 4 is 11.2 Å². The van der Waals surface area contributed by atoms with Gasteiger partial charge < -0.3 is 4.42 Å². The van der Waals surface area contributed by atoms with Crippen molar-refractivity contribution in [1.82, 2.24) is 25.0 Å². The second kappa shape index (κ2) is 5.69. The van der Waals surface area contributed by atoms with Gasteiger partial charge >= 0.3 is 6.18 Å². The zero-order valence-corrected chi connectivity index (χ0v) is 12.6. The van der Waals surface area contributed by atoms with Crippen molar-refractivity contribution in [3.05, 3.63) is 60.1 Å². The van der Waals surface area contributed by atoms with Crippen LogP contribution >= 0.6 is 0 Å². The van der Waals surface area contributed by atoms with E-state index in [-0.39, 0.29) is 6.54 Å². The molecule has 0 bridgehead atoms. The van der Waals surface area contributed by atoms with Gasteiger partial charge in [0, 0.05) is 0 Å². The van der Waals surface area contributed by atoms with Gasteiger partial charge in [0.2, 0.25) is 0 Å². The Balaban J connectivity index is 1.73. The third-order valence-electron chi connectivity index (χ3n) is 3.64. The lowest BCUT2D eigenvalue weighted by Crippen LogP contribution is -2.08. The van der Waals surface area contributed by atoms with Crippen molar-refractivity contribution in [3.8, 4) is 11.5 Å². The van der Waals surface area contributed by atoms with Gasteiger partial charge in [0.05, 0.1) is 18.4 Å². The quantitative estimate of drug-likeness (QED) is 0.568. The number of furan rings is 1. The smallest absolute Gasteiger partial charge is 0.416 e. The zero-order valence-electron chi connectivity index (χ0n) is 12.6.